The average Bonchev–Trinajstić information content (AvgIpc) is 3.53. The topological polar surface area (TPSA) is 106 Å². The Labute approximate surface area is 185 Å². The Hall–Kier alpha value is -2.98. The molecule has 2 N–H and O–H groups in total. The number of H-pyrrole nitrogens is 1. The molecule has 3 aromatic heterocycles. The summed E-state index contributed by atoms with van der Waals surface area (Å²) in [6.07, 6.45) is 9.70. The van der Waals surface area contributed by atoms with E-state index in [1.165, 1.54) is 6.04 Å². The standard InChI is InChI=1S/C22H27N8O2/c31-18-2-4-29(13-18)22(32)28-7-5-27(6-8-28)16-9-17(10-16)30-12-15(11-26-30)20-19-1-3-23-21(19)25-14-24-20/h1,3,11-12,14,16,18,31H,2,4-10,13H2,(H,23,24,25)/t18-/m0/s1. The van der Waals surface area contributed by atoms with Crippen LogP contribution in [0.15, 0.2) is 31.0 Å². The highest BCUT2D eigenvalue weighted by molar-refractivity contribution is 5.90. The zero-order valence-electron chi connectivity index (χ0n) is 17.9. The molecular formula is C22H27N8O2. The Morgan fingerprint density at radius 1 is 1.09 bits per heavy atom. The molecule has 3 aliphatic rings. The maximum absolute atomic E-state index is 12.6. The number of rotatable bonds is 3. The second-order valence-corrected chi connectivity index (χ2v) is 8.96. The minimum atomic E-state index is -0.365. The van der Waals surface area contributed by atoms with Crippen LogP contribution in [-0.2, 0) is 0 Å². The van der Waals surface area contributed by atoms with Crippen molar-refractivity contribution >= 4 is 17.1 Å². The van der Waals surface area contributed by atoms with Gasteiger partial charge in [-0.25, -0.2) is 14.8 Å². The van der Waals surface area contributed by atoms with Gasteiger partial charge in [-0.15, -0.1) is 0 Å². The number of likely N-dealkylation sites (tertiary alicyclic amines) is 1. The zero-order valence-corrected chi connectivity index (χ0v) is 17.9. The molecule has 1 saturated carbocycles. The molecule has 2 amide bonds. The summed E-state index contributed by atoms with van der Waals surface area (Å²) in [5.74, 6) is 0. The number of carbonyl (C=O) groups is 1. The Balaban J connectivity index is 1.03. The number of β-amino-alcohol motifs (C(OH)–C–C–N with tert-alkyl or cyclic N) is 1. The third kappa shape index (κ3) is 3.43. The van der Waals surface area contributed by atoms with E-state index in [0.717, 1.165) is 61.3 Å². The van der Waals surface area contributed by atoms with Gasteiger partial charge in [0, 0.05) is 68.7 Å². The second kappa shape index (κ2) is 7.86. The molecule has 6 rings (SSSR count). The van der Waals surface area contributed by atoms with Crippen LogP contribution in [0.2, 0.25) is 0 Å². The van der Waals surface area contributed by atoms with Crippen molar-refractivity contribution < 1.29 is 9.90 Å². The van der Waals surface area contributed by atoms with Crippen LogP contribution in [0, 0.1) is 6.04 Å². The number of hydrogen-bond donors (Lipinski definition) is 2. The molecule has 0 spiro atoms. The Morgan fingerprint density at radius 2 is 1.94 bits per heavy atom. The van der Waals surface area contributed by atoms with Gasteiger partial charge in [-0.1, -0.05) is 0 Å². The van der Waals surface area contributed by atoms with Gasteiger partial charge in [0.1, 0.15) is 12.0 Å². The summed E-state index contributed by atoms with van der Waals surface area (Å²) in [4.78, 5) is 30.7. The lowest BCUT2D eigenvalue weighted by molar-refractivity contribution is 0.0672. The molecule has 10 nitrogen and oxygen atoms in total. The van der Waals surface area contributed by atoms with Gasteiger partial charge in [0.2, 0.25) is 0 Å². The van der Waals surface area contributed by atoms with Crippen molar-refractivity contribution in [1.82, 2.24) is 39.4 Å². The molecule has 0 unspecified atom stereocenters. The largest absolute Gasteiger partial charge is 0.391 e. The predicted octanol–water partition coefficient (Wildman–Crippen LogP) is 1.17. The van der Waals surface area contributed by atoms with E-state index in [9.17, 15) is 9.90 Å². The first-order chi connectivity index (χ1) is 15.7. The summed E-state index contributed by atoms with van der Waals surface area (Å²) >= 11 is 0. The van der Waals surface area contributed by atoms with Crippen molar-refractivity contribution in [3.63, 3.8) is 0 Å². The molecule has 10 heteroatoms. The monoisotopic (exact) mass is 435 g/mol. The number of aromatic nitrogens is 5. The van der Waals surface area contributed by atoms with Crippen molar-refractivity contribution in [3.05, 3.63) is 37.0 Å². The third-order valence-electron chi connectivity index (χ3n) is 7.01. The summed E-state index contributed by atoms with van der Waals surface area (Å²) in [5.41, 5.74) is 2.72. The Morgan fingerprint density at radius 3 is 2.72 bits per heavy atom. The van der Waals surface area contributed by atoms with Gasteiger partial charge in [-0.3, -0.25) is 9.58 Å². The lowest BCUT2D eigenvalue weighted by Gasteiger charge is -2.46. The number of piperazine rings is 1. The molecule has 0 aromatic carbocycles. The average molecular weight is 436 g/mol. The van der Waals surface area contributed by atoms with Gasteiger partial charge in [0.15, 0.2) is 0 Å². The molecule has 2 saturated heterocycles. The fourth-order valence-corrected chi connectivity index (χ4v) is 5.04. The van der Waals surface area contributed by atoms with Crippen LogP contribution in [0.4, 0.5) is 4.79 Å². The fraction of sp³-hybridized carbons (Fsp3) is 0.500. The van der Waals surface area contributed by atoms with Gasteiger partial charge in [-0.2, -0.15) is 5.10 Å². The van der Waals surface area contributed by atoms with Crippen molar-refractivity contribution in [3.8, 4) is 11.3 Å². The van der Waals surface area contributed by atoms with E-state index in [2.05, 4.69) is 31.1 Å². The number of nitrogens with one attached hydrogen (secondary N) is 1. The van der Waals surface area contributed by atoms with Crippen molar-refractivity contribution in [2.75, 3.05) is 39.3 Å². The van der Waals surface area contributed by atoms with Gasteiger partial charge in [-0.05, 0) is 25.3 Å². The van der Waals surface area contributed by atoms with Gasteiger partial charge in [0.05, 0.1) is 24.0 Å². The molecule has 1 aliphatic carbocycles. The SMILES string of the molecule is O=C(N1CCN(C2C[C](n3cc(-c4ncnc5[nH]ccc45)cn3)C2)CC1)N1CC[C@H](O)C1. The smallest absolute Gasteiger partial charge is 0.320 e. The molecule has 1 atom stereocenters. The van der Waals surface area contributed by atoms with E-state index in [0.29, 0.717) is 25.6 Å². The quantitative estimate of drug-likeness (QED) is 0.640. The number of aliphatic hydroxyl groups excluding tert-OH is 1. The summed E-state index contributed by atoms with van der Waals surface area (Å²) in [7, 11) is 0. The number of carbonyl (C=O) groups excluding carboxylic acids is 1. The van der Waals surface area contributed by atoms with Crippen molar-refractivity contribution in [2.24, 2.45) is 0 Å². The highest BCUT2D eigenvalue weighted by atomic mass is 16.3. The normalized spacial score (nSPS) is 23.2. The zero-order chi connectivity index (χ0) is 21.7. The predicted molar refractivity (Wildman–Crippen MR) is 118 cm³/mol. The molecule has 1 radical (unpaired) electrons. The summed E-state index contributed by atoms with van der Waals surface area (Å²) < 4.78 is 1.99. The highest BCUT2D eigenvalue weighted by Crippen LogP contribution is 2.36. The van der Waals surface area contributed by atoms with E-state index >= 15 is 0 Å². The third-order valence-corrected chi connectivity index (χ3v) is 7.01. The van der Waals surface area contributed by atoms with Gasteiger partial charge < -0.3 is 19.9 Å². The first-order valence-corrected chi connectivity index (χ1v) is 11.3. The van der Waals surface area contributed by atoms with E-state index in [1.807, 2.05) is 28.0 Å². The van der Waals surface area contributed by atoms with Crippen LogP contribution in [0.25, 0.3) is 22.3 Å². The Bertz CT molecular complexity index is 1110. The number of amides is 2. The number of aliphatic hydroxyl groups is 1. The molecule has 167 valence electrons. The summed E-state index contributed by atoms with van der Waals surface area (Å²) in [6, 6.07) is 3.89. The number of urea groups is 1. The molecule has 2 aliphatic heterocycles. The Kier molecular flexibility index (Phi) is 4.83. The van der Waals surface area contributed by atoms with E-state index in [1.54, 1.807) is 11.2 Å². The first kappa shape index (κ1) is 19.7. The van der Waals surface area contributed by atoms with E-state index in [4.69, 9.17) is 0 Å². The first-order valence-electron chi connectivity index (χ1n) is 11.3. The fourth-order valence-electron chi connectivity index (χ4n) is 5.04. The van der Waals surface area contributed by atoms with Crippen LogP contribution >= 0.6 is 0 Å². The van der Waals surface area contributed by atoms with Crippen LogP contribution < -0.4 is 0 Å². The van der Waals surface area contributed by atoms with E-state index < -0.39 is 0 Å². The highest BCUT2D eigenvalue weighted by Gasteiger charge is 2.38. The number of aromatic amines is 1. The summed E-state index contributed by atoms with van der Waals surface area (Å²) in [5, 5.41) is 15.3. The number of hydrogen-bond acceptors (Lipinski definition) is 6. The van der Waals surface area contributed by atoms with Crippen LogP contribution in [0.3, 0.4) is 0 Å². The number of nitrogens with zero attached hydrogens (tertiary/aromatic N) is 7. The minimum Gasteiger partial charge on any atom is -0.391 e. The van der Waals surface area contributed by atoms with Crippen LogP contribution in [0.5, 0.6) is 0 Å². The molecule has 0 bridgehead atoms. The molecule has 3 aromatic rings. The summed E-state index contributed by atoms with van der Waals surface area (Å²) in [6.45, 7) is 4.44. The van der Waals surface area contributed by atoms with Crippen LogP contribution in [0.1, 0.15) is 19.3 Å². The lowest BCUT2D eigenvalue weighted by Crippen LogP contribution is -2.57. The van der Waals surface area contributed by atoms with Crippen molar-refractivity contribution in [2.45, 2.75) is 31.4 Å². The molecular weight excluding hydrogens is 408 g/mol. The molecule has 32 heavy (non-hydrogen) atoms. The number of fused-ring (bicyclic) bond motifs is 1. The van der Waals surface area contributed by atoms with Gasteiger partial charge >= 0.3 is 6.03 Å². The van der Waals surface area contributed by atoms with Crippen LogP contribution in [-0.4, -0.2) is 102 Å². The molecule has 5 heterocycles. The lowest BCUT2D eigenvalue weighted by atomic mass is 9.85. The molecule has 3 fully saturated rings. The van der Waals surface area contributed by atoms with Crippen molar-refractivity contribution in [1.29, 1.82) is 0 Å². The van der Waals surface area contributed by atoms with E-state index in [-0.39, 0.29) is 12.1 Å². The maximum Gasteiger partial charge on any atom is 0.320 e. The second-order valence-electron chi connectivity index (χ2n) is 8.96. The maximum atomic E-state index is 12.6. The van der Waals surface area contributed by atoms with Gasteiger partial charge in [0.25, 0.3) is 0 Å². The minimum absolute atomic E-state index is 0.0763.